The van der Waals surface area contributed by atoms with Gasteiger partial charge in [0.2, 0.25) is 0 Å². The summed E-state index contributed by atoms with van der Waals surface area (Å²) in [5.74, 6) is 0.980. The van der Waals surface area contributed by atoms with E-state index >= 15 is 0 Å². The Kier molecular flexibility index (Phi) is 6.26. The van der Waals surface area contributed by atoms with E-state index in [1.807, 2.05) is 25.3 Å². The van der Waals surface area contributed by atoms with Gasteiger partial charge in [-0.1, -0.05) is 13.0 Å². The molecule has 0 radical (unpaired) electrons. The number of nitrogens with zero attached hydrogens (tertiary/aromatic N) is 4. The van der Waals surface area contributed by atoms with Crippen LogP contribution >= 0.6 is 0 Å². The molecule has 0 aromatic carbocycles. The van der Waals surface area contributed by atoms with Gasteiger partial charge >= 0.3 is 5.97 Å². The van der Waals surface area contributed by atoms with Gasteiger partial charge in [-0.15, -0.1) is 0 Å². The predicted molar refractivity (Wildman–Crippen MR) is 98.9 cm³/mol. The molecule has 1 aromatic heterocycles. The molecule has 25 heavy (non-hydrogen) atoms. The second kappa shape index (κ2) is 8.63. The molecule has 0 amide bonds. The van der Waals surface area contributed by atoms with E-state index in [2.05, 4.69) is 25.8 Å². The molecule has 2 fully saturated rings. The van der Waals surface area contributed by atoms with E-state index in [0.717, 1.165) is 58.1 Å². The third-order valence-electron chi connectivity index (χ3n) is 5.52. The van der Waals surface area contributed by atoms with Gasteiger partial charge in [0.25, 0.3) is 0 Å². The molecule has 138 valence electrons. The van der Waals surface area contributed by atoms with E-state index in [1.165, 1.54) is 6.42 Å². The van der Waals surface area contributed by atoms with Crippen LogP contribution in [-0.4, -0.2) is 77.7 Å². The zero-order valence-electron chi connectivity index (χ0n) is 15.2. The van der Waals surface area contributed by atoms with Gasteiger partial charge < -0.3 is 10.0 Å². The van der Waals surface area contributed by atoms with Crippen LogP contribution in [0.5, 0.6) is 0 Å². The number of hydrogen-bond donors (Lipinski definition) is 1. The fourth-order valence-corrected chi connectivity index (χ4v) is 4.18. The maximum atomic E-state index is 11.4. The Labute approximate surface area is 150 Å². The number of anilines is 1. The molecule has 0 bridgehead atoms. The minimum atomic E-state index is -0.674. The molecule has 0 unspecified atom stereocenters. The van der Waals surface area contributed by atoms with Crippen molar-refractivity contribution >= 4 is 11.8 Å². The predicted octanol–water partition coefficient (Wildman–Crippen LogP) is 1.78. The van der Waals surface area contributed by atoms with Crippen LogP contribution in [0.25, 0.3) is 0 Å². The average Bonchev–Trinajstić information content (AvgIpc) is 2.64. The molecular weight excluding hydrogens is 316 g/mol. The standard InChI is InChI=1S/C19H30N4O2/c1-2-17(19(24)25)23-9-5-6-16(15-23)14-21-10-12-22(13-11-21)18-7-3-4-8-20-18/h3-4,7-8,16-17H,2,5-6,9-15H2,1H3,(H,24,25)/t16-,17-/m0/s1. The van der Waals surface area contributed by atoms with Crippen molar-refractivity contribution in [1.29, 1.82) is 0 Å². The summed E-state index contributed by atoms with van der Waals surface area (Å²) in [7, 11) is 0. The lowest BCUT2D eigenvalue weighted by atomic mass is 9.95. The number of rotatable bonds is 6. The first kappa shape index (κ1) is 18.1. The molecule has 3 rings (SSSR count). The number of piperidine rings is 1. The Morgan fingerprint density at radius 2 is 2.08 bits per heavy atom. The second-order valence-electron chi connectivity index (χ2n) is 7.24. The maximum Gasteiger partial charge on any atom is 0.320 e. The molecule has 2 aliphatic rings. The third-order valence-corrected chi connectivity index (χ3v) is 5.52. The van der Waals surface area contributed by atoms with Crippen molar-refractivity contribution in [2.24, 2.45) is 5.92 Å². The molecule has 6 nitrogen and oxygen atoms in total. The third kappa shape index (κ3) is 4.70. The minimum absolute atomic E-state index is 0.316. The summed E-state index contributed by atoms with van der Waals surface area (Å²) in [6, 6.07) is 5.75. The van der Waals surface area contributed by atoms with Crippen LogP contribution in [0.4, 0.5) is 5.82 Å². The van der Waals surface area contributed by atoms with Crippen molar-refractivity contribution < 1.29 is 9.90 Å². The first-order valence-electron chi connectivity index (χ1n) is 9.52. The second-order valence-corrected chi connectivity index (χ2v) is 7.24. The zero-order valence-corrected chi connectivity index (χ0v) is 15.2. The van der Waals surface area contributed by atoms with Crippen LogP contribution in [0.3, 0.4) is 0 Å². The van der Waals surface area contributed by atoms with Gasteiger partial charge in [0.05, 0.1) is 0 Å². The van der Waals surface area contributed by atoms with E-state index < -0.39 is 5.97 Å². The minimum Gasteiger partial charge on any atom is -0.480 e. The summed E-state index contributed by atoms with van der Waals surface area (Å²) in [6.07, 6.45) is 4.87. The first-order chi connectivity index (χ1) is 12.2. The van der Waals surface area contributed by atoms with E-state index in [1.54, 1.807) is 0 Å². The number of carbonyl (C=O) groups is 1. The van der Waals surface area contributed by atoms with Crippen LogP contribution in [0.2, 0.25) is 0 Å². The molecular formula is C19H30N4O2. The lowest BCUT2D eigenvalue weighted by molar-refractivity contribution is -0.144. The van der Waals surface area contributed by atoms with Gasteiger partial charge in [-0.2, -0.15) is 0 Å². The summed E-state index contributed by atoms with van der Waals surface area (Å²) in [5, 5.41) is 9.41. The summed E-state index contributed by atoms with van der Waals surface area (Å²) >= 11 is 0. The van der Waals surface area contributed by atoms with Crippen molar-refractivity contribution in [1.82, 2.24) is 14.8 Å². The number of carboxylic acid groups (broad SMARTS) is 1. The van der Waals surface area contributed by atoms with Crippen molar-refractivity contribution in [2.75, 3.05) is 50.7 Å². The van der Waals surface area contributed by atoms with Crippen LogP contribution < -0.4 is 4.90 Å². The van der Waals surface area contributed by atoms with E-state index in [4.69, 9.17) is 0 Å². The van der Waals surface area contributed by atoms with Crippen molar-refractivity contribution in [2.45, 2.75) is 32.2 Å². The monoisotopic (exact) mass is 346 g/mol. The molecule has 0 aliphatic carbocycles. The molecule has 2 atom stereocenters. The summed E-state index contributed by atoms with van der Waals surface area (Å²) < 4.78 is 0. The Bertz CT molecular complexity index is 546. The van der Waals surface area contributed by atoms with Crippen LogP contribution in [0.1, 0.15) is 26.2 Å². The van der Waals surface area contributed by atoms with E-state index in [9.17, 15) is 9.90 Å². The highest BCUT2D eigenvalue weighted by atomic mass is 16.4. The molecule has 0 spiro atoms. The maximum absolute atomic E-state index is 11.4. The first-order valence-corrected chi connectivity index (χ1v) is 9.52. The summed E-state index contributed by atoms with van der Waals surface area (Å²) in [6.45, 7) is 9.05. The number of piperazine rings is 1. The smallest absolute Gasteiger partial charge is 0.320 e. The van der Waals surface area contributed by atoms with Crippen molar-refractivity contribution in [3.05, 3.63) is 24.4 Å². The fourth-order valence-electron chi connectivity index (χ4n) is 4.18. The number of carboxylic acids is 1. The molecule has 2 saturated heterocycles. The SMILES string of the molecule is CC[C@@H](C(=O)O)N1CCC[C@@H](CN2CCN(c3ccccn3)CC2)C1. The van der Waals surface area contributed by atoms with Gasteiger partial charge in [-0.3, -0.25) is 14.6 Å². The van der Waals surface area contributed by atoms with Gasteiger partial charge in [-0.05, 0) is 43.9 Å². The normalized spacial score (nSPS) is 24.2. The summed E-state index contributed by atoms with van der Waals surface area (Å²) in [4.78, 5) is 22.9. The fraction of sp³-hybridized carbons (Fsp3) is 0.684. The molecule has 1 aromatic rings. The Morgan fingerprint density at radius 3 is 2.72 bits per heavy atom. The highest BCUT2D eigenvalue weighted by molar-refractivity contribution is 5.73. The Hall–Kier alpha value is -1.66. The molecule has 1 N–H and O–H groups in total. The number of aromatic nitrogens is 1. The highest BCUT2D eigenvalue weighted by Crippen LogP contribution is 2.22. The Balaban J connectivity index is 1.48. The average molecular weight is 346 g/mol. The van der Waals surface area contributed by atoms with Crippen molar-refractivity contribution in [3.8, 4) is 0 Å². The molecule has 3 heterocycles. The van der Waals surface area contributed by atoms with Crippen LogP contribution in [0.15, 0.2) is 24.4 Å². The largest absolute Gasteiger partial charge is 0.480 e. The lowest BCUT2D eigenvalue weighted by Crippen LogP contribution is -2.51. The topological polar surface area (TPSA) is 59.9 Å². The molecule has 2 aliphatic heterocycles. The summed E-state index contributed by atoms with van der Waals surface area (Å²) in [5.41, 5.74) is 0. The van der Waals surface area contributed by atoms with E-state index in [-0.39, 0.29) is 6.04 Å². The van der Waals surface area contributed by atoms with Crippen LogP contribution in [-0.2, 0) is 4.79 Å². The number of aliphatic carboxylic acids is 1. The number of pyridine rings is 1. The van der Waals surface area contributed by atoms with Gasteiger partial charge in [-0.25, -0.2) is 4.98 Å². The molecule has 0 saturated carbocycles. The number of likely N-dealkylation sites (tertiary alicyclic amines) is 1. The quantitative estimate of drug-likeness (QED) is 0.847. The van der Waals surface area contributed by atoms with Crippen LogP contribution in [0, 0.1) is 5.92 Å². The van der Waals surface area contributed by atoms with Gasteiger partial charge in [0.1, 0.15) is 11.9 Å². The molecule has 6 heteroatoms. The zero-order chi connectivity index (χ0) is 17.6. The lowest BCUT2D eigenvalue weighted by Gasteiger charge is -2.40. The van der Waals surface area contributed by atoms with E-state index in [0.29, 0.717) is 12.3 Å². The number of hydrogen-bond acceptors (Lipinski definition) is 5. The Morgan fingerprint density at radius 1 is 1.28 bits per heavy atom. The van der Waals surface area contributed by atoms with Crippen molar-refractivity contribution in [3.63, 3.8) is 0 Å². The van der Waals surface area contributed by atoms with Gasteiger partial charge in [0.15, 0.2) is 0 Å². The van der Waals surface area contributed by atoms with Gasteiger partial charge in [0, 0.05) is 45.5 Å². The highest BCUT2D eigenvalue weighted by Gasteiger charge is 2.30.